The van der Waals surface area contributed by atoms with Gasteiger partial charge in [0.25, 0.3) is 5.69 Å². The Morgan fingerprint density at radius 1 is 1.40 bits per heavy atom. The van der Waals surface area contributed by atoms with Gasteiger partial charge in [0.2, 0.25) is 5.88 Å². The number of hydrogen-bond donors (Lipinski definition) is 1. The predicted octanol–water partition coefficient (Wildman–Crippen LogP) is 3.63. The molecule has 0 aliphatic heterocycles. The van der Waals surface area contributed by atoms with Crippen molar-refractivity contribution in [1.82, 2.24) is 4.98 Å². The van der Waals surface area contributed by atoms with E-state index in [2.05, 4.69) is 24.1 Å². The predicted molar refractivity (Wildman–Crippen MR) is 79.2 cm³/mol. The Morgan fingerprint density at radius 3 is 2.75 bits per heavy atom. The third-order valence-electron chi connectivity index (χ3n) is 2.85. The minimum absolute atomic E-state index is 0.00301. The lowest BCUT2D eigenvalue weighted by atomic mass is 10.1. The highest BCUT2D eigenvalue weighted by Gasteiger charge is 2.12. The highest BCUT2D eigenvalue weighted by atomic mass is 16.6. The molecule has 1 heterocycles. The summed E-state index contributed by atoms with van der Waals surface area (Å²) in [5.74, 6) is 1.20. The average Bonchev–Trinajstić information content (AvgIpc) is 2.43. The van der Waals surface area contributed by atoms with Crippen LogP contribution in [0.5, 0.6) is 5.88 Å². The number of nitro groups is 1. The number of nitrogens with zero attached hydrogens (tertiary/aromatic N) is 2. The first-order valence-electron chi connectivity index (χ1n) is 7.10. The van der Waals surface area contributed by atoms with Gasteiger partial charge >= 0.3 is 0 Å². The van der Waals surface area contributed by atoms with E-state index in [0.717, 1.165) is 25.8 Å². The molecule has 0 fully saturated rings. The molecule has 1 unspecified atom stereocenters. The minimum atomic E-state index is -0.429. The van der Waals surface area contributed by atoms with Crippen LogP contribution in [-0.2, 0) is 0 Å². The summed E-state index contributed by atoms with van der Waals surface area (Å²) in [5, 5.41) is 14.0. The van der Waals surface area contributed by atoms with Gasteiger partial charge in [0.1, 0.15) is 5.82 Å². The molecule has 1 aromatic heterocycles. The molecule has 1 aromatic rings. The molecule has 0 radical (unpaired) electrons. The maximum absolute atomic E-state index is 10.9. The van der Waals surface area contributed by atoms with Gasteiger partial charge < -0.3 is 10.1 Å². The summed E-state index contributed by atoms with van der Waals surface area (Å²) < 4.78 is 5.58. The van der Waals surface area contributed by atoms with E-state index in [1.165, 1.54) is 12.1 Å². The summed E-state index contributed by atoms with van der Waals surface area (Å²) in [6, 6.07) is 2.80. The molecule has 0 aliphatic carbocycles. The van der Waals surface area contributed by atoms with E-state index < -0.39 is 4.92 Å². The summed E-state index contributed by atoms with van der Waals surface area (Å²) in [6.07, 6.45) is 3.08. The monoisotopic (exact) mass is 281 g/mol. The SMILES string of the molecule is CCCNc1cc([N+](=O)[O-])cc(OCC(C)CCC)n1. The number of hydrogen-bond acceptors (Lipinski definition) is 5. The molecule has 6 heteroatoms. The lowest BCUT2D eigenvalue weighted by Gasteiger charge is -2.12. The van der Waals surface area contributed by atoms with E-state index in [1.807, 2.05) is 6.92 Å². The van der Waals surface area contributed by atoms with Crippen LogP contribution >= 0.6 is 0 Å². The number of anilines is 1. The number of rotatable bonds is 9. The molecule has 6 nitrogen and oxygen atoms in total. The van der Waals surface area contributed by atoms with Gasteiger partial charge in [-0.1, -0.05) is 27.2 Å². The van der Waals surface area contributed by atoms with Gasteiger partial charge in [0, 0.05) is 6.54 Å². The van der Waals surface area contributed by atoms with Crippen LogP contribution in [0.4, 0.5) is 11.5 Å². The van der Waals surface area contributed by atoms with Crippen molar-refractivity contribution in [2.24, 2.45) is 5.92 Å². The van der Waals surface area contributed by atoms with E-state index in [4.69, 9.17) is 4.74 Å². The molecule has 0 aromatic carbocycles. The molecule has 0 bridgehead atoms. The normalized spacial score (nSPS) is 11.9. The first kappa shape index (κ1) is 16.2. The van der Waals surface area contributed by atoms with Crippen LogP contribution in [0.2, 0.25) is 0 Å². The second-order valence-electron chi connectivity index (χ2n) is 4.94. The molecule has 1 atom stereocenters. The zero-order valence-electron chi connectivity index (χ0n) is 12.4. The third-order valence-corrected chi connectivity index (χ3v) is 2.85. The second kappa shape index (κ2) is 8.35. The Kier molecular flexibility index (Phi) is 6.76. The lowest BCUT2D eigenvalue weighted by molar-refractivity contribution is -0.384. The molecule has 0 saturated heterocycles. The molecule has 112 valence electrons. The Labute approximate surface area is 119 Å². The van der Waals surface area contributed by atoms with E-state index in [9.17, 15) is 10.1 Å². The number of aromatic nitrogens is 1. The molecule has 0 aliphatic rings. The van der Waals surface area contributed by atoms with E-state index in [1.54, 1.807) is 0 Å². The fourth-order valence-electron chi connectivity index (χ4n) is 1.82. The van der Waals surface area contributed by atoms with Crippen molar-refractivity contribution in [3.05, 3.63) is 22.2 Å². The Balaban J connectivity index is 2.77. The highest BCUT2D eigenvalue weighted by Crippen LogP contribution is 2.22. The van der Waals surface area contributed by atoms with Crippen LogP contribution in [0, 0.1) is 16.0 Å². The van der Waals surface area contributed by atoms with Crippen molar-refractivity contribution in [2.75, 3.05) is 18.5 Å². The number of nitrogens with one attached hydrogen (secondary N) is 1. The van der Waals surface area contributed by atoms with E-state index in [0.29, 0.717) is 24.2 Å². The summed E-state index contributed by atoms with van der Waals surface area (Å²) in [5.41, 5.74) is -0.00301. The van der Waals surface area contributed by atoms with Crippen molar-refractivity contribution >= 4 is 11.5 Å². The summed E-state index contributed by atoms with van der Waals surface area (Å²) in [4.78, 5) is 14.7. The first-order valence-corrected chi connectivity index (χ1v) is 7.10. The van der Waals surface area contributed by atoms with Crippen LogP contribution in [0.3, 0.4) is 0 Å². The highest BCUT2D eigenvalue weighted by molar-refractivity contribution is 5.48. The Morgan fingerprint density at radius 2 is 2.15 bits per heavy atom. The maximum atomic E-state index is 10.9. The molecule has 20 heavy (non-hydrogen) atoms. The summed E-state index contributed by atoms with van der Waals surface area (Å²) in [6.45, 7) is 7.48. The molecule has 0 saturated carbocycles. The molecule has 1 rings (SSSR count). The number of ether oxygens (including phenoxy) is 1. The van der Waals surface area contributed by atoms with E-state index in [-0.39, 0.29) is 5.69 Å². The maximum Gasteiger partial charge on any atom is 0.278 e. The first-order chi connectivity index (χ1) is 9.56. The summed E-state index contributed by atoms with van der Waals surface area (Å²) >= 11 is 0. The van der Waals surface area contributed by atoms with Gasteiger partial charge in [-0.05, 0) is 18.8 Å². The minimum Gasteiger partial charge on any atom is -0.477 e. The van der Waals surface area contributed by atoms with Gasteiger partial charge in [-0.15, -0.1) is 0 Å². The lowest BCUT2D eigenvalue weighted by Crippen LogP contribution is -2.10. The van der Waals surface area contributed by atoms with Gasteiger partial charge in [-0.2, -0.15) is 4.98 Å². The average molecular weight is 281 g/mol. The van der Waals surface area contributed by atoms with E-state index >= 15 is 0 Å². The van der Waals surface area contributed by atoms with Crippen LogP contribution in [0.15, 0.2) is 12.1 Å². The molecular formula is C14H23N3O3. The Bertz CT molecular complexity index is 438. The largest absolute Gasteiger partial charge is 0.477 e. The third kappa shape index (κ3) is 5.42. The number of pyridine rings is 1. The Hall–Kier alpha value is -1.85. The molecule has 0 amide bonds. The topological polar surface area (TPSA) is 77.3 Å². The van der Waals surface area contributed by atoms with Gasteiger partial charge in [-0.25, -0.2) is 0 Å². The summed E-state index contributed by atoms with van der Waals surface area (Å²) in [7, 11) is 0. The zero-order valence-corrected chi connectivity index (χ0v) is 12.4. The zero-order chi connectivity index (χ0) is 15.0. The molecule has 1 N–H and O–H groups in total. The van der Waals surface area contributed by atoms with Gasteiger partial charge in [0.15, 0.2) is 0 Å². The fraction of sp³-hybridized carbons (Fsp3) is 0.643. The van der Waals surface area contributed by atoms with Crippen molar-refractivity contribution in [1.29, 1.82) is 0 Å². The van der Waals surface area contributed by atoms with Crippen molar-refractivity contribution < 1.29 is 9.66 Å². The van der Waals surface area contributed by atoms with Gasteiger partial charge in [-0.3, -0.25) is 10.1 Å². The van der Waals surface area contributed by atoms with Crippen LogP contribution in [0.25, 0.3) is 0 Å². The standard InChI is InChI=1S/C14H23N3O3/c1-4-6-11(3)10-20-14-9-12(17(18)19)8-13(16-14)15-7-5-2/h8-9,11H,4-7,10H2,1-3H3,(H,15,16). The van der Waals surface area contributed by atoms with Crippen molar-refractivity contribution in [2.45, 2.75) is 40.0 Å². The molecular weight excluding hydrogens is 258 g/mol. The fourth-order valence-corrected chi connectivity index (χ4v) is 1.82. The molecule has 0 spiro atoms. The second-order valence-corrected chi connectivity index (χ2v) is 4.94. The van der Waals surface area contributed by atoms with Crippen LogP contribution in [0.1, 0.15) is 40.0 Å². The van der Waals surface area contributed by atoms with Crippen LogP contribution in [-0.4, -0.2) is 23.1 Å². The van der Waals surface area contributed by atoms with Crippen molar-refractivity contribution in [3.8, 4) is 5.88 Å². The van der Waals surface area contributed by atoms with Gasteiger partial charge in [0.05, 0.1) is 23.7 Å². The van der Waals surface area contributed by atoms with Crippen molar-refractivity contribution in [3.63, 3.8) is 0 Å². The smallest absolute Gasteiger partial charge is 0.278 e. The van der Waals surface area contributed by atoms with Crippen LogP contribution < -0.4 is 10.1 Å². The quantitative estimate of drug-likeness (QED) is 0.552.